The molecule has 0 saturated heterocycles. The molecule has 1 atom stereocenters. The lowest BCUT2D eigenvalue weighted by Crippen LogP contribution is -2.16. The molecule has 0 aliphatic carbocycles. The van der Waals surface area contributed by atoms with Crippen LogP contribution in [0.3, 0.4) is 0 Å². The average Bonchev–Trinajstić information content (AvgIpc) is 2.98. The number of nitrogens with one attached hydrogen (secondary N) is 1. The summed E-state index contributed by atoms with van der Waals surface area (Å²) in [6.07, 6.45) is 5.52. The molecule has 2 rings (SSSR count). The lowest BCUT2D eigenvalue weighted by molar-refractivity contribution is 0.102. The van der Waals surface area contributed by atoms with Crippen LogP contribution < -0.4 is 5.32 Å². The van der Waals surface area contributed by atoms with Gasteiger partial charge in [0.2, 0.25) is 0 Å². The quantitative estimate of drug-likeness (QED) is 0.883. The largest absolute Gasteiger partial charge is 0.472 e. The number of aromatic nitrogens is 2. The van der Waals surface area contributed by atoms with Crippen LogP contribution in [-0.4, -0.2) is 15.7 Å². The van der Waals surface area contributed by atoms with Gasteiger partial charge in [0.25, 0.3) is 5.91 Å². The first-order chi connectivity index (χ1) is 8.22. The summed E-state index contributed by atoms with van der Waals surface area (Å²) in [6.45, 7) is 4.13. The van der Waals surface area contributed by atoms with E-state index in [0.29, 0.717) is 11.4 Å². The number of furan rings is 1. The molecule has 5 nitrogen and oxygen atoms in total. The van der Waals surface area contributed by atoms with Gasteiger partial charge in [-0.25, -0.2) is 4.68 Å². The molecule has 0 saturated carbocycles. The zero-order valence-electron chi connectivity index (χ0n) is 9.88. The minimum Gasteiger partial charge on any atom is -0.472 e. The molecule has 0 radical (unpaired) electrons. The van der Waals surface area contributed by atoms with Crippen molar-refractivity contribution >= 4 is 11.7 Å². The van der Waals surface area contributed by atoms with Gasteiger partial charge in [-0.2, -0.15) is 5.10 Å². The molecule has 5 heteroatoms. The summed E-state index contributed by atoms with van der Waals surface area (Å²) in [5.41, 5.74) is 0.502. The summed E-state index contributed by atoms with van der Waals surface area (Å²) in [4.78, 5) is 11.8. The third-order valence-electron chi connectivity index (χ3n) is 2.70. The topological polar surface area (TPSA) is 60.1 Å². The van der Waals surface area contributed by atoms with Gasteiger partial charge in [0, 0.05) is 6.07 Å². The number of hydrogen-bond acceptors (Lipinski definition) is 3. The summed E-state index contributed by atoms with van der Waals surface area (Å²) in [7, 11) is 0. The summed E-state index contributed by atoms with van der Waals surface area (Å²) in [5, 5.41) is 7.01. The van der Waals surface area contributed by atoms with Crippen molar-refractivity contribution in [3.8, 4) is 0 Å². The third-order valence-corrected chi connectivity index (χ3v) is 2.70. The Morgan fingerprint density at radius 1 is 1.59 bits per heavy atom. The Labute approximate surface area is 99.4 Å². The molecule has 1 N–H and O–H groups in total. The van der Waals surface area contributed by atoms with Gasteiger partial charge in [-0.3, -0.25) is 4.79 Å². The molecule has 1 unspecified atom stereocenters. The van der Waals surface area contributed by atoms with Gasteiger partial charge < -0.3 is 9.73 Å². The van der Waals surface area contributed by atoms with Crippen molar-refractivity contribution in [1.82, 2.24) is 9.78 Å². The Morgan fingerprint density at radius 2 is 2.41 bits per heavy atom. The molecule has 0 spiro atoms. The van der Waals surface area contributed by atoms with Gasteiger partial charge >= 0.3 is 0 Å². The van der Waals surface area contributed by atoms with Crippen molar-refractivity contribution in [2.24, 2.45) is 0 Å². The Hall–Kier alpha value is -2.04. The van der Waals surface area contributed by atoms with E-state index in [4.69, 9.17) is 4.42 Å². The van der Waals surface area contributed by atoms with Gasteiger partial charge in [-0.1, -0.05) is 6.92 Å². The number of nitrogens with zero attached hydrogens (tertiary/aromatic N) is 2. The van der Waals surface area contributed by atoms with Crippen LogP contribution in [0.1, 0.15) is 36.7 Å². The van der Waals surface area contributed by atoms with Gasteiger partial charge in [-0.15, -0.1) is 0 Å². The van der Waals surface area contributed by atoms with Crippen molar-refractivity contribution in [2.75, 3.05) is 5.32 Å². The normalized spacial score (nSPS) is 12.4. The molecule has 1 amide bonds. The van der Waals surface area contributed by atoms with E-state index in [9.17, 15) is 4.79 Å². The van der Waals surface area contributed by atoms with E-state index in [0.717, 1.165) is 6.42 Å². The smallest absolute Gasteiger partial charge is 0.260 e. The number of anilines is 1. The monoisotopic (exact) mass is 233 g/mol. The zero-order chi connectivity index (χ0) is 12.3. The fourth-order valence-electron chi connectivity index (χ4n) is 1.52. The Morgan fingerprint density at radius 3 is 3.06 bits per heavy atom. The van der Waals surface area contributed by atoms with Crippen LogP contribution in [0.25, 0.3) is 0 Å². The highest BCUT2D eigenvalue weighted by Gasteiger charge is 2.12. The molecular formula is C12H15N3O2. The van der Waals surface area contributed by atoms with Crippen LogP contribution in [0.15, 0.2) is 35.3 Å². The van der Waals surface area contributed by atoms with Gasteiger partial charge in [-0.05, 0) is 19.4 Å². The number of carbonyl (C=O) groups is 1. The van der Waals surface area contributed by atoms with E-state index < -0.39 is 0 Å². The van der Waals surface area contributed by atoms with Gasteiger partial charge in [0.1, 0.15) is 12.1 Å². The summed E-state index contributed by atoms with van der Waals surface area (Å²) in [6, 6.07) is 3.66. The summed E-state index contributed by atoms with van der Waals surface area (Å²) >= 11 is 0. The Balaban J connectivity index is 2.14. The van der Waals surface area contributed by atoms with E-state index in [-0.39, 0.29) is 11.9 Å². The highest BCUT2D eigenvalue weighted by molar-refractivity contribution is 6.03. The van der Waals surface area contributed by atoms with E-state index >= 15 is 0 Å². The highest BCUT2D eigenvalue weighted by atomic mass is 16.3. The molecule has 90 valence electrons. The van der Waals surface area contributed by atoms with Crippen molar-refractivity contribution in [2.45, 2.75) is 26.3 Å². The van der Waals surface area contributed by atoms with Crippen molar-refractivity contribution in [3.63, 3.8) is 0 Å². The number of hydrogen-bond donors (Lipinski definition) is 1. The lowest BCUT2D eigenvalue weighted by atomic mass is 10.2. The Bertz CT molecular complexity index is 488. The van der Waals surface area contributed by atoms with Crippen molar-refractivity contribution in [1.29, 1.82) is 0 Å². The molecule has 2 aromatic heterocycles. The third kappa shape index (κ3) is 2.38. The van der Waals surface area contributed by atoms with Crippen LogP contribution in [0.5, 0.6) is 0 Å². The minimum atomic E-state index is -0.191. The molecule has 0 fully saturated rings. The standard InChI is InChI=1S/C12H15N3O2/c1-3-9(2)15-11(4-6-13-15)14-12(16)10-5-7-17-8-10/h4-9H,3H2,1-2H3,(H,14,16). The first kappa shape index (κ1) is 11.4. The second-order valence-corrected chi connectivity index (χ2v) is 3.88. The molecule has 0 aliphatic rings. The fourth-order valence-corrected chi connectivity index (χ4v) is 1.52. The number of rotatable bonds is 4. The average molecular weight is 233 g/mol. The van der Waals surface area contributed by atoms with Crippen LogP contribution in [0.2, 0.25) is 0 Å². The predicted octanol–water partition coefficient (Wildman–Crippen LogP) is 2.70. The Kier molecular flexibility index (Phi) is 3.27. The van der Waals surface area contributed by atoms with Crippen LogP contribution in [0, 0.1) is 0 Å². The van der Waals surface area contributed by atoms with Crippen molar-refractivity contribution < 1.29 is 9.21 Å². The molecule has 0 bridgehead atoms. The second-order valence-electron chi connectivity index (χ2n) is 3.88. The number of carbonyl (C=O) groups excluding carboxylic acids is 1. The molecule has 2 aromatic rings. The maximum atomic E-state index is 11.8. The maximum Gasteiger partial charge on any atom is 0.260 e. The number of amides is 1. The molecule has 17 heavy (non-hydrogen) atoms. The maximum absolute atomic E-state index is 11.8. The first-order valence-electron chi connectivity index (χ1n) is 5.59. The molecular weight excluding hydrogens is 218 g/mol. The zero-order valence-corrected chi connectivity index (χ0v) is 9.88. The van der Waals surface area contributed by atoms with E-state index in [2.05, 4.69) is 24.3 Å². The minimum absolute atomic E-state index is 0.191. The predicted molar refractivity (Wildman–Crippen MR) is 63.9 cm³/mol. The SMILES string of the molecule is CCC(C)n1nccc1NC(=O)c1ccoc1. The van der Waals surface area contributed by atoms with Crippen molar-refractivity contribution in [3.05, 3.63) is 36.4 Å². The van der Waals surface area contributed by atoms with Gasteiger partial charge in [0.15, 0.2) is 0 Å². The van der Waals surface area contributed by atoms with E-state index in [1.54, 1.807) is 23.0 Å². The van der Waals surface area contributed by atoms with E-state index in [1.807, 2.05) is 0 Å². The molecule has 0 aromatic carbocycles. The summed E-state index contributed by atoms with van der Waals surface area (Å²) < 4.78 is 6.67. The molecule has 0 aliphatic heterocycles. The lowest BCUT2D eigenvalue weighted by Gasteiger charge is -2.13. The van der Waals surface area contributed by atoms with Crippen LogP contribution >= 0.6 is 0 Å². The summed E-state index contributed by atoms with van der Waals surface area (Å²) in [5.74, 6) is 0.509. The molecule has 2 heterocycles. The van der Waals surface area contributed by atoms with Crippen LogP contribution in [-0.2, 0) is 0 Å². The first-order valence-corrected chi connectivity index (χ1v) is 5.59. The second kappa shape index (κ2) is 4.86. The fraction of sp³-hybridized carbons (Fsp3) is 0.333. The highest BCUT2D eigenvalue weighted by Crippen LogP contribution is 2.17. The van der Waals surface area contributed by atoms with Gasteiger partial charge in [0.05, 0.1) is 24.1 Å². The van der Waals surface area contributed by atoms with Crippen LogP contribution in [0.4, 0.5) is 5.82 Å². The van der Waals surface area contributed by atoms with E-state index in [1.165, 1.54) is 12.5 Å².